The van der Waals surface area contributed by atoms with Crippen molar-refractivity contribution < 1.29 is 19.4 Å². The van der Waals surface area contributed by atoms with Gasteiger partial charge in [-0.15, -0.1) is 5.06 Å². The molecule has 0 bridgehead atoms. The van der Waals surface area contributed by atoms with E-state index in [9.17, 15) is 4.79 Å². The lowest BCUT2D eigenvalue weighted by Crippen LogP contribution is -2.55. The van der Waals surface area contributed by atoms with E-state index in [2.05, 4.69) is 6.92 Å². The van der Waals surface area contributed by atoms with Gasteiger partial charge < -0.3 is 0 Å². The molecule has 134 valence electrons. The van der Waals surface area contributed by atoms with Crippen LogP contribution in [-0.4, -0.2) is 22.9 Å². The summed E-state index contributed by atoms with van der Waals surface area (Å²) in [5.41, 5.74) is 1.10. The lowest BCUT2D eigenvalue weighted by Gasteiger charge is -2.41. The average Bonchev–Trinajstić information content (AvgIpc) is 2.57. The Hall–Kier alpha value is -1.27. The van der Waals surface area contributed by atoms with E-state index in [4.69, 9.17) is 14.6 Å². The number of rotatable bonds is 9. The van der Waals surface area contributed by atoms with Crippen molar-refractivity contribution in [3.05, 3.63) is 35.9 Å². The third-order valence-electron chi connectivity index (χ3n) is 4.31. The molecule has 24 heavy (non-hydrogen) atoms. The second-order valence-electron chi connectivity index (χ2n) is 6.49. The standard InChI is InChI=1S/C19H29NO4/c1-4-5-6-7-11-14-18-20(15-17-12-9-8-10-13-17)23-19(3,16(2)21)24-22-18/h8-10,12-13,18H,4-7,11,14-15H2,1-3H3. The van der Waals surface area contributed by atoms with E-state index in [1.807, 2.05) is 30.3 Å². The molecule has 5 nitrogen and oxygen atoms in total. The van der Waals surface area contributed by atoms with Crippen molar-refractivity contribution in [1.82, 2.24) is 5.06 Å². The molecule has 2 unspecified atom stereocenters. The number of ketones is 1. The number of Topliss-reactive ketones (excluding diaryl/α,β-unsaturated/α-hetero) is 1. The minimum atomic E-state index is -1.38. The second-order valence-corrected chi connectivity index (χ2v) is 6.49. The summed E-state index contributed by atoms with van der Waals surface area (Å²) in [6.45, 7) is 5.78. The van der Waals surface area contributed by atoms with Crippen molar-refractivity contribution in [2.75, 3.05) is 0 Å². The fourth-order valence-electron chi connectivity index (χ4n) is 2.63. The van der Waals surface area contributed by atoms with E-state index >= 15 is 0 Å². The fourth-order valence-corrected chi connectivity index (χ4v) is 2.63. The summed E-state index contributed by atoms with van der Waals surface area (Å²) in [6, 6.07) is 10.0. The molecule has 1 heterocycles. The molecule has 1 aliphatic rings. The largest absolute Gasteiger partial charge is 0.294 e. The summed E-state index contributed by atoms with van der Waals surface area (Å²) in [7, 11) is 0. The van der Waals surface area contributed by atoms with Crippen LogP contribution in [0.4, 0.5) is 0 Å². The monoisotopic (exact) mass is 335 g/mol. The Balaban J connectivity index is 1.97. The molecule has 0 radical (unpaired) electrons. The summed E-state index contributed by atoms with van der Waals surface area (Å²) in [5.74, 6) is -1.60. The molecule has 1 aliphatic heterocycles. The van der Waals surface area contributed by atoms with E-state index in [-0.39, 0.29) is 12.0 Å². The first-order valence-corrected chi connectivity index (χ1v) is 8.90. The first-order chi connectivity index (χ1) is 11.5. The molecule has 1 aromatic rings. The molecule has 1 saturated heterocycles. The number of carbonyl (C=O) groups excluding carboxylic acids is 1. The lowest BCUT2D eigenvalue weighted by molar-refractivity contribution is -0.548. The summed E-state index contributed by atoms with van der Waals surface area (Å²) in [6.07, 6.45) is 6.42. The molecule has 1 aromatic carbocycles. The van der Waals surface area contributed by atoms with Gasteiger partial charge in [-0.25, -0.2) is 9.73 Å². The predicted octanol–water partition coefficient (Wildman–Crippen LogP) is 4.37. The van der Waals surface area contributed by atoms with Gasteiger partial charge in [0.15, 0.2) is 12.0 Å². The van der Waals surface area contributed by atoms with Crippen LogP contribution in [0.2, 0.25) is 0 Å². The maximum Gasteiger partial charge on any atom is 0.274 e. The molecule has 2 atom stereocenters. The number of hydroxylamine groups is 2. The van der Waals surface area contributed by atoms with Crippen molar-refractivity contribution in [1.29, 1.82) is 0 Å². The smallest absolute Gasteiger partial charge is 0.274 e. The van der Waals surface area contributed by atoms with Crippen molar-refractivity contribution in [2.45, 2.75) is 77.9 Å². The molecule has 1 fully saturated rings. The van der Waals surface area contributed by atoms with Crippen molar-refractivity contribution in [3.63, 3.8) is 0 Å². The first kappa shape index (κ1) is 19.1. The zero-order valence-electron chi connectivity index (χ0n) is 15.0. The molecule has 0 spiro atoms. The van der Waals surface area contributed by atoms with E-state index in [0.717, 1.165) is 24.8 Å². The third-order valence-corrected chi connectivity index (χ3v) is 4.31. The van der Waals surface area contributed by atoms with E-state index in [0.29, 0.717) is 6.54 Å². The van der Waals surface area contributed by atoms with Gasteiger partial charge in [-0.05, 0) is 18.4 Å². The summed E-state index contributed by atoms with van der Waals surface area (Å²) < 4.78 is 0. The van der Waals surface area contributed by atoms with Gasteiger partial charge in [-0.1, -0.05) is 62.9 Å². The van der Waals surface area contributed by atoms with Crippen LogP contribution in [0.3, 0.4) is 0 Å². The van der Waals surface area contributed by atoms with Gasteiger partial charge in [0.25, 0.3) is 5.79 Å². The third kappa shape index (κ3) is 5.38. The summed E-state index contributed by atoms with van der Waals surface area (Å²) in [4.78, 5) is 28.5. The Bertz CT molecular complexity index is 507. The highest BCUT2D eigenvalue weighted by Crippen LogP contribution is 2.29. The van der Waals surface area contributed by atoms with Crippen LogP contribution in [0.15, 0.2) is 30.3 Å². The van der Waals surface area contributed by atoms with Crippen LogP contribution in [0, 0.1) is 0 Å². The van der Waals surface area contributed by atoms with Gasteiger partial charge in [0.1, 0.15) is 0 Å². The van der Waals surface area contributed by atoms with Crippen molar-refractivity contribution in [3.8, 4) is 0 Å². The van der Waals surface area contributed by atoms with Crippen LogP contribution in [0.25, 0.3) is 0 Å². The molecule has 0 aromatic heterocycles. The quantitative estimate of drug-likeness (QED) is 0.495. The van der Waals surface area contributed by atoms with Crippen LogP contribution in [0.1, 0.15) is 64.9 Å². The van der Waals surface area contributed by atoms with Gasteiger partial charge in [0.2, 0.25) is 0 Å². The highest BCUT2D eigenvalue weighted by molar-refractivity contribution is 5.82. The lowest BCUT2D eigenvalue weighted by atomic mass is 10.1. The topological polar surface area (TPSA) is 48.0 Å². The molecular formula is C19H29NO4. The van der Waals surface area contributed by atoms with Crippen LogP contribution < -0.4 is 0 Å². The maximum atomic E-state index is 11.8. The highest BCUT2D eigenvalue weighted by Gasteiger charge is 2.44. The van der Waals surface area contributed by atoms with Crippen LogP contribution >= 0.6 is 0 Å². The highest BCUT2D eigenvalue weighted by atomic mass is 17.3. The molecule has 0 N–H and O–H groups in total. The maximum absolute atomic E-state index is 11.8. The Morgan fingerprint density at radius 1 is 1.17 bits per heavy atom. The van der Waals surface area contributed by atoms with Crippen molar-refractivity contribution >= 4 is 5.78 Å². The van der Waals surface area contributed by atoms with Crippen LogP contribution in [0.5, 0.6) is 0 Å². The normalized spacial score (nSPS) is 24.9. The number of unbranched alkanes of at least 4 members (excludes halogenated alkanes) is 4. The Morgan fingerprint density at radius 2 is 1.88 bits per heavy atom. The minimum Gasteiger partial charge on any atom is -0.294 e. The Kier molecular flexibility index (Phi) is 7.37. The van der Waals surface area contributed by atoms with Gasteiger partial charge in [-0.2, -0.15) is 4.89 Å². The molecular weight excluding hydrogens is 306 g/mol. The Labute approximate surface area is 144 Å². The summed E-state index contributed by atoms with van der Waals surface area (Å²) in [5, 5.41) is 1.74. The summed E-state index contributed by atoms with van der Waals surface area (Å²) >= 11 is 0. The zero-order chi connectivity index (χ0) is 17.4. The molecule has 0 saturated carbocycles. The number of nitrogens with zero attached hydrogens (tertiary/aromatic N) is 1. The average molecular weight is 335 g/mol. The van der Waals surface area contributed by atoms with E-state index in [1.54, 1.807) is 12.0 Å². The van der Waals surface area contributed by atoms with E-state index < -0.39 is 5.79 Å². The number of carbonyl (C=O) groups is 1. The second kappa shape index (κ2) is 9.28. The van der Waals surface area contributed by atoms with Gasteiger partial charge >= 0.3 is 0 Å². The van der Waals surface area contributed by atoms with Crippen molar-refractivity contribution in [2.24, 2.45) is 0 Å². The number of benzene rings is 1. The fraction of sp³-hybridized carbons (Fsp3) is 0.632. The van der Waals surface area contributed by atoms with Crippen LogP contribution in [-0.2, 0) is 26.0 Å². The van der Waals surface area contributed by atoms with Gasteiger partial charge in [0.05, 0.1) is 6.54 Å². The molecule has 5 heteroatoms. The van der Waals surface area contributed by atoms with Gasteiger partial charge in [-0.3, -0.25) is 4.79 Å². The van der Waals surface area contributed by atoms with E-state index in [1.165, 1.54) is 26.2 Å². The molecule has 0 amide bonds. The zero-order valence-corrected chi connectivity index (χ0v) is 15.0. The predicted molar refractivity (Wildman–Crippen MR) is 91.5 cm³/mol. The minimum absolute atomic E-state index is 0.220. The number of hydrogen-bond donors (Lipinski definition) is 0. The number of hydrogen-bond acceptors (Lipinski definition) is 5. The Morgan fingerprint density at radius 3 is 2.54 bits per heavy atom. The molecule has 0 aliphatic carbocycles. The molecule has 2 rings (SSSR count). The SMILES string of the molecule is CCCCCCCC1OOC(C)(C(C)=O)ON1Cc1ccccc1. The van der Waals surface area contributed by atoms with Gasteiger partial charge in [0, 0.05) is 13.8 Å². The first-order valence-electron chi connectivity index (χ1n) is 8.90.